The first-order chi connectivity index (χ1) is 17.6. The van der Waals surface area contributed by atoms with Crippen LogP contribution in [0.25, 0.3) is 27.6 Å². The number of rotatable bonds is 8. The van der Waals surface area contributed by atoms with E-state index >= 15 is 0 Å². The highest BCUT2D eigenvalue weighted by molar-refractivity contribution is 7.93. The maximum atomic E-state index is 12.8. The van der Waals surface area contributed by atoms with E-state index in [2.05, 4.69) is 58.0 Å². The number of likely N-dealkylation sites (N-methyl/N-ethyl adjacent to an activating group) is 1. The van der Waals surface area contributed by atoms with Gasteiger partial charge < -0.3 is 19.5 Å². The molecule has 2 N–H and O–H groups in total. The van der Waals surface area contributed by atoms with Crippen molar-refractivity contribution < 1.29 is 13.5 Å². The molecule has 196 valence electrons. The van der Waals surface area contributed by atoms with Crippen LogP contribution in [0.1, 0.15) is 26.0 Å². The molecule has 2 heterocycles. The van der Waals surface area contributed by atoms with Crippen molar-refractivity contribution in [3.05, 3.63) is 59.1 Å². The quantitative estimate of drug-likeness (QED) is 0.440. The van der Waals surface area contributed by atoms with E-state index < -0.39 is 16.1 Å². The van der Waals surface area contributed by atoms with E-state index in [0.29, 0.717) is 17.7 Å². The van der Waals surface area contributed by atoms with Gasteiger partial charge in [-0.2, -0.15) is 5.26 Å². The Kier molecular flexibility index (Phi) is 8.05. The summed E-state index contributed by atoms with van der Waals surface area (Å²) < 4.78 is 29.8. The van der Waals surface area contributed by atoms with E-state index in [1.807, 2.05) is 29.8 Å². The third-order valence-corrected chi connectivity index (χ3v) is 8.67. The zero-order chi connectivity index (χ0) is 26.7. The van der Waals surface area contributed by atoms with Gasteiger partial charge in [-0.05, 0) is 67.1 Å². The first-order valence-electron chi connectivity index (χ1n) is 12.6. The lowest BCUT2D eigenvalue weighted by molar-refractivity contribution is 0.174. The lowest BCUT2D eigenvalue weighted by atomic mass is 10.0. The van der Waals surface area contributed by atoms with Crippen molar-refractivity contribution in [2.75, 3.05) is 44.7 Å². The number of aliphatic hydroxyl groups excluding tert-OH is 1. The fourth-order valence-corrected chi connectivity index (χ4v) is 5.90. The molecule has 0 saturated carbocycles. The zero-order valence-electron chi connectivity index (χ0n) is 21.9. The minimum atomic E-state index is -4.05. The maximum Gasteiger partial charge on any atom is 0.251 e. The number of aliphatic hydroxyl groups is 1. The van der Waals surface area contributed by atoms with Crippen molar-refractivity contribution in [2.45, 2.75) is 26.4 Å². The number of benzene rings is 2. The van der Waals surface area contributed by atoms with Gasteiger partial charge in [-0.25, -0.2) is 13.1 Å². The summed E-state index contributed by atoms with van der Waals surface area (Å²) in [5, 5.41) is 21.7. The van der Waals surface area contributed by atoms with E-state index in [1.165, 1.54) is 11.1 Å². The van der Waals surface area contributed by atoms with E-state index in [-0.39, 0.29) is 11.4 Å². The molecule has 3 aromatic rings. The van der Waals surface area contributed by atoms with E-state index in [4.69, 9.17) is 0 Å². The predicted molar refractivity (Wildman–Crippen MR) is 149 cm³/mol. The topological polar surface area (TPSA) is 102 Å². The number of fused-ring (bicyclic) bond motifs is 1. The van der Waals surface area contributed by atoms with Gasteiger partial charge in [0, 0.05) is 62.4 Å². The summed E-state index contributed by atoms with van der Waals surface area (Å²) >= 11 is 0. The fourth-order valence-electron chi connectivity index (χ4n) is 4.72. The second kappa shape index (κ2) is 11.1. The third-order valence-electron chi connectivity index (χ3n) is 7.19. The van der Waals surface area contributed by atoms with Gasteiger partial charge in [0.2, 0.25) is 0 Å². The van der Waals surface area contributed by atoms with Gasteiger partial charge in [-0.3, -0.25) is 0 Å². The molecular weight excluding hydrogens is 486 g/mol. The van der Waals surface area contributed by atoms with Crippen molar-refractivity contribution in [1.82, 2.24) is 14.2 Å². The number of nitrogens with one attached hydrogen (secondary N) is 1. The minimum absolute atomic E-state index is 0.136. The van der Waals surface area contributed by atoms with E-state index in [9.17, 15) is 18.8 Å². The second-order valence-electron chi connectivity index (χ2n) is 9.68. The van der Waals surface area contributed by atoms with Gasteiger partial charge in [0.15, 0.2) is 4.91 Å². The van der Waals surface area contributed by atoms with Gasteiger partial charge in [0.1, 0.15) is 6.07 Å². The molecule has 1 saturated heterocycles. The smallest absolute Gasteiger partial charge is 0.251 e. The molecule has 0 radical (unpaired) electrons. The van der Waals surface area contributed by atoms with Crippen LogP contribution in [-0.2, 0) is 17.1 Å². The molecule has 1 unspecified atom stereocenters. The van der Waals surface area contributed by atoms with Crippen LogP contribution >= 0.6 is 0 Å². The molecule has 8 nitrogen and oxygen atoms in total. The Labute approximate surface area is 219 Å². The lowest BCUT2D eigenvalue weighted by Crippen LogP contribution is -2.44. The van der Waals surface area contributed by atoms with Crippen LogP contribution in [0, 0.1) is 11.3 Å². The summed E-state index contributed by atoms with van der Waals surface area (Å²) in [7, 11) is -0.0340. The number of nitriles is 1. The van der Waals surface area contributed by atoms with Crippen molar-refractivity contribution in [3.63, 3.8) is 0 Å². The summed E-state index contributed by atoms with van der Waals surface area (Å²) in [6, 6.07) is 18.5. The Morgan fingerprint density at radius 2 is 1.73 bits per heavy atom. The Balaban J connectivity index is 1.62. The molecule has 9 heteroatoms. The molecular formula is C28H35N5O3S. The summed E-state index contributed by atoms with van der Waals surface area (Å²) in [5.74, 6) is 0. The van der Waals surface area contributed by atoms with Gasteiger partial charge in [0.25, 0.3) is 10.0 Å². The third kappa shape index (κ3) is 5.73. The summed E-state index contributed by atoms with van der Waals surface area (Å²) in [6.07, 6.45) is -0.390. The van der Waals surface area contributed by atoms with Crippen LogP contribution in [0.15, 0.2) is 53.4 Å². The van der Waals surface area contributed by atoms with Crippen LogP contribution in [0.4, 0.5) is 5.69 Å². The number of hydrogen-bond acceptors (Lipinski definition) is 6. The Morgan fingerprint density at radius 3 is 2.41 bits per heavy atom. The first-order valence-corrected chi connectivity index (χ1v) is 14.1. The van der Waals surface area contributed by atoms with Gasteiger partial charge in [-0.1, -0.05) is 25.1 Å². The van der Waals surface area contributed by atoms with Gasteiger partial charge in [0.05, 0.1) is 6.10 Å². The largest absolute Gasteiger partial charge is 0.392 e. The highest BCUT2D eigenvalue weighted by atomic mass is 32.2. The van der Waals surface area contributed by atoms with Crippen LogP contribution in [0.5, 0.6) is 0 Å². The number of nitrogens with zero attached hydrogens (tertiary/aromatic N) is 4. The molecule has 2 aromatic carbocycles. The Bertz CT molecular complexity index is 1460. The highest BCUT2D eigenvalue weighted by Gasteiger charge is 2.23. The Hall–Kier alpha value is -3.16. The standard InChI is InChI=1S/C28H35N5O3S/c1-5-25(34)19-30-37(35,36)28(18-29)20(2)26-10-11-27(32(26)4)23-7-6-22-17-24(9-8-21(22)16-23)33-14-12-31(3)13-15-33/h6-11,16-17,25,30,34H,5,12-15,19H2,1-4H3/b28-20+. The summed E-state index contributed by atoms with van der Waals surface area (Å²) in [4.78, 5) is 4.42. The lowest BCUT2D eigenvalue weighted by Gasteiger charge is -2.34. The Morgan fingerprint density at radius 1 is 1.05 bits per heavy atom. The van der Waals surface area contributed by atoms with Crippen LogP contribution in [0.3, 0.4) is 0 Å². The molecule has 1 aliphatic rings. The van der Waals surface area contributed by atoms with Crippen LogP contribution in [-0.4, -0.2) is 68.9 Å². The molecule has 4 rings (SSSR count). The zero-order valence-corrected chi connectivity index (χ0v) is 22.7. The normalized spacial score (nSPS) is 16.5. The first kappa shape index (κ1) is 26.9. The predicted octanol–water partition coefficient (Wildman–Crippen LogP) is 3.54. The molecule has 1 atom stereocenters. The number of anilines is 1. The second-order valence-corrected chi connectivity index (χ2v) is 11.4. The van der Waals surface area contributed by atoms with E-state index in [1.54, 1.807) is 13.8 Å². The SMILES string of the molecule is CCC(O)CNS(=O)(=O)/C(C#N)=C(\C)c1ccc(-c2ccc3cc(N4CCN(C)CC4)ccc3c2)n1C. The number of sulfonamides is 1. The summed E-state index contributed by atoms with van der Waals surface area (Å²) in [6.45, 7) is 7.42. The maximum absolute atomic E-state index is 12.8. The fraction of sp³-hybridized carbons (Fsp3) is 0.393. The number of aromatic nitrogens is 1. The van der Waals surface area contributed by atoms with Crippen molar-refractivity contribution >= 4 is 32.1 Å². The van der Waals surface area contributed by atoms with E-state index in [0.717, 1.165) is 42.8 Å². The minimum Gasteiger partial charge on any atom is -0.392 e. The van der Waals surface area contributed by atoms with Crippen molar-refractivity contribution in [3.8, 4) is 17.3 Å². The van der Waals surface area contributed by atoms with Gasteiger partial charge >= 0.3 is 0 Å². The molecule has 0 bridgehead atoms. The molecule has 1 fully saturated rings. The average molecular weight is 522 g/mol. The number of piperazine rings is 1. The number of hydrogen-bond donors (Lipinski definition) is 2. The molecule has 1 aliphatic heterocycles. The molecule has 0 amide bonds. The molecule has 37 heavy (non-hydrogen) atoms. The molecule has 1 aromatic heterocycles. The highest BCUT2D eigenvalue weighted by Crippen LogP contribution is 2.31. The summed E-state index contributed by atoms with van der Waals surface area (Å²) in [5.41, 5.74) is 4.15. The van der Waals surface area contributed by atoms with Gasteiger partial charge in [-0.15, -0.1) is 0 Å². The average Bonchev–Trinajstić information content (AvgIpc) is 3.28. The number of allylic oxidation sites excluding steroid dienone is 2. The van der Waals surface area contributed by atoms with Crippen LogP contribution in [0.2, 0.25) is 0 Å². The molecule has 0 aliphatic carbocycles. The van der Waals surface area contributed by atoms with Crippen LogP contribution < -0.4 is 9.62 Å². The van der Waals surface area contributed by atoms with Crippen molar-refractivity contribution in [2.24, 2.45) is 7.05 Å². The monoisotopic (exact) mass is 521 g/mol. The molecule has 0 spiro atoms. The van der Waals surface area contributed by atoms with Crippen molar-refractivity contribution in [1.29, 1.82) is 5.26 Å².